The van der Waals surface area contributed by atoms with Gasteiger partial charge in [0, 0.05) is 19.3 Å². The molecule has 4 nitrogen and oxygen atoms in total. The summed E-state index contributed by atoms with van der Waals surface area (Å²) in [5, 5.41) is 6.22. The average molecular weight is 277 g/mol. The van der Waals surface area contributed by atoms with E-state index in [1.54, 1.807) is 18.5 Å². The van der Waals surface area contributed by atoms with Gasteiger partial charge in [0.15, 0.2) is 0 Å². The van der Waals surface area contributed by atoms with Gasteiger partial charge in [0.25, 0.3) is 5.91 Å². The van der Waals surface area contributed by atoms with Crippen molar-refractivity contribution in [3.8, 4) is 0 Å². The van der Waals surface area contributed by atoms with Crippen molar-refractivity contribution in [2.45, 2.75) is 34.6 Å². The van der Waals surface area contributed by atoms with Crippen LogP contribution < -0.4 is 10.6 Å². The molecule has 1 aromatic heterocycles. The molecule has 0 spiro atoms. The van der Waals surface area contributed by atoms with Gasteiger partial charge in [0.1, 0.15) is 0 Å². The van der Waals surface area contributed by atoms with Crippen LogP contribution >= 0.6 is 0 Å². The van der Waals surface area contributed by atoms with Crippen LogP contribution in [0, 0.1) is 17.8 Å². The summed E-state index contributed by atoms with van der Waals surface area (Å²) < 4.78 is 0. The Morgan fingerprint density at radius 1 is 1.25 bits per heavy atom. The molecule has 0 saturated heterocycles. The van der Waals surface area contributed by atoms with Crippen molar-refractivity contribution in [1.29, 1.82) is 0 Å². The first-order valence-corrected chi connectivity index (χ1v) is 7.43. The second kappa shape index (κ2) is 7.88. The number of rotatable bonds is 7. The van der Waals surface area contributed by atoms with Crippen LogP contribution in [0.1, 0.15) is 45.0 Å². The van der Waals surface area contributed by atoms with Crippen LogP contribution in [0.4, 0.5) is 5.69 Å². The zero-order valence-electron chi connectivity index (χ0n) is 13.2. The van der Waals surface area contributed by atoms with Crippen LogP contribution in [-0.2, 0) is 0 Å². The largest absolute Gasteiger partial charge is 0.383 e. The first kappa shape index (κ1) is 16.5. The third kappa shape index (κ3) is 4.51. The maximum Gasteiger partial charge on any atom is 0.253 e. The molecule has 112 valence electrons. The minimum absolute atomic E-state index is 0.0327. The molecule has 0 radical (unpaired) electrons. The number of nitrogens with zero attached hydrogens (tertiary/aromatic N) is 1. The highest BCUT2D eigenvalue weighted by Crippen LogP contribution is 2.20. The van der Waals surface area contributed by atoms with Gasteiger partial charge in [-0.1, -0.05) is 27.7 Å². The monoisotopic (exact) mass is 277 g/mol. The highest BCUT2D eigenvalue weighted by molar-refractivity contribution is 5.99. The summed E-state index contributed by atoms with van der Waals surface area (Å²) in [5.41, 5.74) is 1.45. The number of hydrogen-bond acceptors (Lipinski definition) is 3. The highest BCUT2D eigenvalue weighted by atomic mass is 16.1. The molecule has 0 aromatic carbocycles. The predicted molar refractivity (Wildman–Crippen MR) is 83.9 cm³/mol. The molecule has 20 heavy (non-hydrogen) atoms. The van der Waals surface area contributed by atoms with Crippen LogP contribution in [0.2, 0.25) is 0 Å². The summed E-state index contributed by atoms with van der Waals surface area (Å²) in [6, 6.07) is 1.76. The molecule has 0 aliphatic heterocycles. The third-order valence-corrected chi connectivity index (χ3v) is 3.64. The smallest absolute Gasteiger partial charge is 0.253 e. The molecule has 0 saturated carbocycles. The Bertz CT molecular complexity index is 421. The fourth-order valence-corrected chi connectivity index (χ4v) is 2.47. The fourth-order valence-electron chi connectivity index (χ4n) is 2.47. The highest BCUT2D eigenvalue weighted by Gasteiger charge is 2.19. The molecule has 1 aromatic rings. The van der Waals surface area contributed by atoms with E-state index in [2.05, 4.69) is 43.3 Å². The maximum absolute atomic E-state index is 12.3. The third-order valence-electron chi connectivity index (χ3n) is 3.64. The van der Waals surface area contributed by atoms with Crippen molar-refractivity contribution < 1.29 is 4.79 Å². The molecule has 4 heteroatoms. The Morgan fingerprint density at radius 2 is 1.90 bits per heavy atom. The Kier molecular flexibility index (Phi) is 6.49. The van der Waals surface area contributed by atoms with E-state index in [4.69, 9.17) is 0 Å². The Morgan fingerprint density at radius 3 is 2.45 bits per heavy atom. The van der Waals surface area contributed by atoms with Crippen molar-refractivity contribution >= 4 is 11.6 Å². The SMILES string of the molecule is CCNc1cnccc1C(=O)NCC(C(C)C)C(C)C. The molecule has 0 unspecified atom stereocenters. The number of carbonyl (C=O) groups is 1. The molecule has 0 atom stereocenters. The normalized spacial score (nSPS) is 11.2. The average Bonchev–Trinajstić information content (AvgIpc) is 2.39. The molecule has 0 aliphatic carbocycles. The van der Waals surface area contributed by atoms with Gasteiger partial charge in [-0.15, -0.1) is 0 Å². The van der Waals surface area contributed by atoms with Crippen molar-refractivity contribution in [1.82, 2.24) is 10.3 Å². The fraction of sp³-hybridized carbons (Fsp3) is 0.625. The van der Waals surface area contributed by atoms with E-state index in [1.165, 1.54) is 0 Å². The number of hydrogen-bond donors (Lipinski definition) is 2. The first-order valence-electron chi connectivity index (χ1n) is 7.43. The molecular weight excluding hydrogens is 250 g/mol. The van der Waals surface area contributed by atoms with Crippen molar-refractivity contribution in [2.24, 2.45) is 17.8 Å². The summed E-state index contributed by atoms with van der Waals surface area (Å²) in [4.78, 5) is 16.4. The standard InChI is InChI=1S/C16H27N3O/c1-6-18-15-10-17-8-7-13(15)16(20)19-9-14(11(2)3)12(4)5/h7-8,10-12,14,18H,6,9H2,1-5H3,(H,19,20). The van der Waals surface area contributed by atoms with E-state index >= 15 is 0 Å². The van der Waals surface area contributed by atoms with Gasteiger partial charge >= 0.3 is 0 Å². The zero-order valence-corrected chi connectivity index (χ0v) is 13.2. The van der Waals surface area contributed by atoms with Gasteiger partial charge in [-0.05, 0) is 30.7 Å². The van der Waals surface area contributed by atoms with Crippen LogP contribution in [0.25, 0.3) is 0 Å². The van der Waals surface area contributed by atoms with Crippen LogP contribution in [0.3, 0.4) is 0 Å². The van der Waals surface area contributed by atoms with E-state index in [9.17, 15) is 4.79 Å². The summed E-state index contributed by atoms with van der Waals surface area (Å²) in [5.74, 6) is 1.57. The predicted octanol–water partition coefficient (Wildman–Crippen LogP) is 3.17. The van der Waals surface area contributed by atoms with E-state index in [0.717, 1.165) is 12.2 Å². The van der Waals surface area contributed by atoms with Crippen molar-refractivity contribution in [2.75, 3.05) is 18.4 Å². The number of nitrogens with one attached hydrogen (secondary N) is 2. The Labute approximate surface area is 122 Å². The maximum atomic E-state index is 12.3. The number of pyridine rings is 1. The van der Waals surface area contributed by atoms with E-state index in [-0.39, 0.29) is 5.91 Å². The minimum atomic E-state index is -0.0327. The number of amides is 1. The molecule has 2 N–H and O–H groups in total. The van der Waals surface area contributed by atoms with E-state index in [0.29, 0.717) is 29.9 Å². The lowest BCUT2D eigenvalue weighted by Gasteiger charge is -2.25. The minimum Gasteiger partial charge on any atom is -0.383 e. The van der Waals surface area contributed by atoms with Gasteiger partial charge < -0.3 is 10.6 Å². The second-order valence-corrected chi connectivity index (χ2v) is 5.81. The molecule has 1 heterocycles. The summed E-state index contributed by atoms with van der Waals surface area (Å²) in [7, 11) is 0. The van der Waals surface area contributed by atoms with Crippen molar-refractivity contribution in [3.63, 3.8) is 0 Å². The lowest BCUT2D eigenvalue weighted by molar-refractivity contribution is 0.0938. The van der Waals surface area contributed by atoms with Crippen molar-refractivity contribution in [3.05, 3.63) is 24.0 Å². The van der Waals surface area contributed by atoms with Gasteiger partial charge in [0.2, 0.25) is 0 Å². The van der Waals surface area contributed by atoms with E-state index < -0.39 is 0 Å². The molecule has 1 amide bonds. The quantitative estimate of drug-likeness (QED) is 0.805. The Balaban J connectivity index is 2.71. The van der Waals surface area contributed by atoms with Gasteiger partial charge in [0.05, 0.1) is 17.4 Å². The molecule has 0 aliphatic rings. The van der Waals surface area contributed by atoms with E-state index in [1.807, 2.05) is 6.92 Å². The molecule has 1 rings (SSSR count). The van der Waals surface area contributed by atoms with Gasteiger partial charge in [-0.3, -0.25) is 9.78 Å². The zero-order chi connectivity index (χ0) is 15.1. The van der Waals surface area contributed by atoms with Crippen LogP contribution in [0.15, 0.2) is 18.5 Å². The van der Waals surface area contributed by atoms with Gasteiger partial charge in [-0.25, -0.2) is 0 Å². The summed E-state index contributed by atoms with van der Waals surface area (Å²) in [6.45, 7) is 12.3. The number of carbonyl (C=O) groups excluding carboxylic acids is 1. The summed E-state index contributed by atoms with van der Waals surface area (Å²) >= 11 is 0. The molecular formula is C16H27N3O. The lowest BCUT2D eigenvalue weighted by Crippen LogP contribution is -2.34. The van der Waals surface area contributed by atoms with Gasteiger partial charge in [-0.2, -0.15) is 0 Å². The summed E-state index contributed by atoms with van der Waals surface area (Å²) in [6.07, 6.45) is 3.35. The topological polar surface area (TPSA) is 54.0 Å². The Hall–Kier alpha value is -1.58. The van der Waals surface area contributed by atoms with Crippen LogP contribution in [0.5, 0.6) is 0 Å². The number of anilines is 1. The van der Waals surface area contributed by atoms with Crippen LogP contribution in [-0.4, -0.2) is 24.0 Å². The molecule has 0 bridgehead atoms. The first-order chi connectivity index (χ1) is 9.47. The second-order valence-electron chi connectivity index (χ2n) is 5.81. The molecule has 0 fully saturated rings. The lowest BCUT2D eigenvalue weighted by atomic mass is 9.85. The number of aromatic nitrogens is 1.